The molecule has 18 rings (SSSR count). The fourth-order valence-corrected chi connectivity index (χ4v) is 14.5. The summed E-state index contributed by atoms with van der Waals surface area (Å²) in [5.41, 5.74) is 24.8. The van der Waals surface area contributed by atoms with Crippen LogP contribution in [0.5, 0.6) is 23.0 Å². The predicted octanol–water partition coefficient (Wildman–Crippen LogP) is 17.4. The van der Waals surface area contributed by atoms with Crippen molar-refractivity contribution in [3.8, 4) is 23.0 Å². The van der Waals surface area contributed by atoms with Crippen LogP contribution in [0.15, 0.2) is 309 Å². The number of ether oxygens (including phenoxy) is 2. The lowest BCUT2D eigenvalue weighted by molar-refractivity contribution is 0.465. The van der Waals surface area contributed by atoms with Gasteiger partial charge in [0.2, 0.25) is 0 Å². The molecule has 0 fully saturated rings. The van der Waals surface area contributed by atoms with Crippen molar-refractivity contribution in [3.63, 3.8) is 0 Å². The van der Waals surface area contributed by atoms with Gasteiger partial charge in [-0.05, 0) is 148 Å². The van der Waals surface area contributed by atoms with Gasteiger partial charge in [-0.3, -0.25) is 0 Å². The van der Waals surface area contributed by atoms with Crippen LogP contribution in [0.2, 0.25) is 0 Å². The number of anilines is 15. The first-order chi connectivity index (χ1) is 44.2. The summed E-state index contributed by atoms with van der Waals surface area (Å²) in [4.78, 5) is 12.0. The van der Waals surface area contributed by atoms with Gasteiger partial charge in [0.15, 0.2) is 0 Å². The van der Waals surface area contributed by atoms with Gasteiger partial charge in [0.1, 0.15) is 23.0 Å². The molecule has 5 aliphatic heterocycles. The lowest BCUT2D eigenvalue weighted by Crippen LogP contribution is -2.64. The van der Waals surface area contributed by atoms with Crippen LogP contribution in [0.4, 0.5) is 85.3 Å². The van der Waals surface area contributed by atoms with Crippen molar-refractivity contribution in [1.82, 2.24) is 0 Å². The summed E-state index contributed by atoms with van der Waals surface area (Å²) in [6, 6.07) is 112. The van der Waals surface area contributed by atoms with Gasteiger partial charge in [-0.15, -0.1) is 0 Å². The Kier molecular flexibility index (Phi) is 11.7. The normalized spacial score (nSPS) is 13.2. The molecule has 0 bridgehead atoms. The molecule has 0 atom stereocenters. The molecule has 0 amide bonds. The van der Waals surface area contributed by atoms with E-state index in [4.69, 9.17) is 9.47 Å². The van der Waals surface area contributed by atoms with Crippen molar-refractivity contribution in [2.75, 3.05) is 24.5 Å². The molecule has 0 saturated heterocycles. The molecule has 7 nitrogen and oxygen atoms in total. The van der Waals surface area contributed by atoms with Crippen LogP contribution in [0.1, 0.15) is 11.1 Å². The van der Waals surface area contributed by atoms with Crippen molar-refractivity contribution in [2.45, 2.75) is 0 Å². The molecule has 0 saturated carbocycles. The first-order valence-electron chi connectivity index (χ1n) is 30.5. The Bertz CT molecular complexity index is 4870. The fourth-order valence-electron chi connectivity index (χ4n) is 14.5. The number of fused-ring (bicyclic) bond motifs is 10. The third-order valence-electron chi connectivity index (χ3n) is 18.2. The van der Waals surface area contributed by atoms with E-state index in [1.54, 1.807) is 0 Å². The smallest absolute Gasteiger partial charge is 0.260 e. The first-order valence-corrected chi connectivity index (χ1v) is 30.5. The summed E-state index contributed by atoms with van der Waals surface area (Å²) >= 11 is 0. The Morgan fingerprint density at radius 3 is 1.13 bits per heavy atom. The summed E-state index contributed by atoms with van der Waals surface area (Å²) in [6.07, 6.45) is 4.53. The van der Waals surface area contributed by atoms with Gasteiger partial charge in [0.25, 0.3) is 13.4 Å². The first kappa shape index (κ1) is 50.6. The minimum atomic E-state index is -0.290. The van der Waals surface area contributed by atoms with Crippen molar-refractivity contribution in [2.24, 2.45) is 0 Å². The molecule has 416 valence electrons. The van der Waals surface area contributed by atoms with Gasteiger partial charge in [-0.2, -0.15) is 0 Å². The third kappa shape index (κ3) is 8.16. The summed E-state index contributed by atoms with van der Waals surface area (Å²) in [5, 5.41) is 0. The molecule has 0 radical (unpaired) electrons. The average Bonchev–Trinajstić information content (AvgIpc) is 0.938. The second kappa shape index (κ2) is 20.5. The molecule has 0 N–H and O–H groups in total. The zero-order chi connectivity index (χ0) is 58.5. The highest BCUT2D eigenvalue weighted by Gasteiger charge is 2.48. The van der Waals surface area contributed by atoms with Gasteiger partial charge < -0.3 is 34.0 Å². The Morgan fingerprint density at radius 2 is 0.618 bits per heavy atom. The SMILES string of the molecule is C1=Cc2cc3c(cc2N(c2ccccc2)c2ccccc21)Oc1cc(N(c2ccccc2)c2ccccc2)cc2c1B3c1cc3c(cc1O2)N(c1ccccc1)c1cc(N(c2ccccc2)c2ccccc2)cc2c1B3c1ccccc1N2c1ccccc1. The fraction of sp³-hybridized carbons (Fsp3) is 0. The van der Waals surface area contributed by atoms with Crippen molar-refractivity contribution >= 4 is 144 Å². The molecule has 89 heavy (non-hydrogen) atoms. The molecule has 9 heteroatoms. The van der Waals surface area contributed by atoms with E-state index in [2.05, 4.69) is 346 Å². The van der Waals surface area contributed by atoms with E-state index in [1.807, 2.05) is 0 Å². The molecular weight excluding hydrogens is 1080 g/mol. The van der Waals surface area contributed by atoms with E-state index < -0.39 is 0 Å². The topological polar surface area (TPSA) is 34.7 Å². The van der Waals surface area contributed by atoms with E-state index in [0.717, 1.165) is 136 Å². The van der Waals surface area contributed by atoms with Crippen LogP contribution in [0, 0.1) is 0 Å². The highest BCUT2D eigenvalue weighted by Crippen LogP contribution is 2.51. The average molecular weight is 1140 g/mol. The van der Waals surface area contributed by atoms with E-state index >= 15 is 0 Å². The number of nitrogens with zero attached hydrogens (tertiary/aromatic N) is 5. The summed E-state index contributed by atoms with van der Waals surface area (Å²) in [6.45, 7) is -0.477. The maximum atomic E-state index is 7.65. The maximum Gasteiger partial charge on any atom is 0.260 e. The zero-order valence-electron chi connectivity index (χ0n) is 48.3. The van der Waals surface area contributed by atoms with Crippen LogP contribution < -0.4 is 66.8 Å². The van der Waals surface area contributed by atoms with Crippen LogP contribution in [-0.2, 0) is 0 Å². The third-order valence-corrected chi connectivity index (χ3v) is 18.2. The largest absolute Gasteiger partial charge is 0.458 e. The monoisotopic (exact) mass is 1140 g/mol. The molecule has 13 aromatic carbocycles. The van der Waals surface area contributed by atoms with Gasteiger partial charge >= 0.3 is 0 Å². The lowest BCUT2D eigenvalue weighted by Gasteiger charge is -2.45. The molecule has 0 unspecified atom stereocenters. The van der Waals surface area contributed by atoms with Gasteiger partial charge in [-0.1, -0.05) is 188 Å². The van der Waals surface area contributed by atoms with Crippen LogP contribution >= 0.6 is 0 Å². The van der Waals surface area contributed by atoms with E-state index in [1.165, 1.54) is 16.4 Å². The van der Waals surface area contributed by atoms with E-state index in [0.29, 0.717) is 0 Å². The number of para-hydroxylation sites is 9. The van der Waals surface area contributed by atoms with Gasteiger partial charge in [-0.25, -0.2) is 0 Å². The van der Waals surface area contributed by atoms with Crippen LogP contribution in [-0.4, -0.2) is 13.4 Å². The quantitative estimate of drug-likeness (QED) is 0.133. The summed E-state index contributed by atoms with van der Waals surface area (Å²) < 4.78 is 15.1. The van der Waals surface area contributed by atoms with Crippen molar-refractivity contribution in [1.29, 1.82) is 0 Å². The molecule has 5 heterocycles. The Morgan fingerprint density at radius 1 is 0.236 bits per heavy atom. The van der Waals surface area contributed by atoms with Crippen molar-refractivity contribution < 1.29 is 9.47 Å². The van der Waals surface area contributed by atoms with E-state index in [9.17, 15) is 0 Å². The van der Waals surface area contributed by atoms with E-state index in [-0.39, 0.29) is 13.4 Å². The predicted molar refractivity (Wildman–Crippen MR) is 371 cm³/mol. The molecule has 13 aromatic rings. The number of hydrogen-bond acceptors (Lipinski definition) is 7. The molecule has 0 spiro atoms. The second-order valence-corrected chi connectivity index (χ2v) is 23.2. The minimum absolute atomic E-state index is 0.187. The standard InChI is InChI=1S/C80H53B2N5O2/c1-8-27-56(28-9-1)83(57-29-10-2-11-30-57)63-47-73-79-74(48-63)87(62-39-20-7-21-40-62)72-53-76-68(51-66(72)81(79)65-41-23-25-43-70(65)86(73)61-37-18-6-19-38-61)82-67-46-55-45-44-54-26-22-24-42-69(54)85(60-35-16-5-17-36-60)71(55)52-75(67)88-77-49-64(50-78(89-76)80(77)82)84(58-31-12-3-13-32-58)59-33-14-4-15-34-59/h1-53H. The highest BCUT2D eigenvalue weighted by atomic mass is 16.5. The lowest BCUT2D eigenvalue weighted by atomic mass is 9.31. The van der Waals surface area contributed by atoms with Crippen LogP contribution in [0.3, 0.4) is 0 Å². The van der Waals surface area contributed by atoms with Gasteiger partial charge in [0.05, 0.1) is 22.7 Å². The number of hydrogen-bond donors (Lipinski definition) is 0. The second-order valence-electron chi connectivity index (χ2n) is 23.2. The maximum absolute atomic E-state index is 7.65. The summed E-state index contributed by atoms with van der Waals surface area (Å²) in [5.74, 6) is 3.08. The molecule has 0 aromatic heterocycles. The minimum Gasteiger partial charge on any atom is -0.458 e. The Hall–Kier alpha value is -11.7. The molecule has 0 aliphatic carbocycles. The number of benzene rings is 13. The highest BCUT2D eigenvalue weighted by molar-refractivity contribution is 7.02. The Balaban J connectivity index is 0.914. The van der Waals surface area contributed by atoms with Crippen LogP contribution in [0.25, 0.3) is 12.2 Å². The number of rotatable bonds is 9. The molecule has 5 aliphatic rings. The summed E-state index contributed by atoms with van der Waals surface area (Å²) in [7, 11) is 0. The Labute approximate surface area is 518 Å². The van der Waals surface area contributed by atoms with Gasteiger partial charge in [0, 0.05) is 92.3 Å². The zero-order valence-corrected chi connectivity index (χ0v) is 48.3. The molecular formula is C80H53B2N5O2. The van der Waals surface area contributed by atoms with Crippen molar-refractivity contribution in [3.05, 3.63) is 321 Å².